The largest absolute Gasteiger partial charge is 0.472 e. The van der Waals surface area contributed by atoms with Gasteiger partial charge in [0.15, 0.2) is 6.10 Å². The van der Waals surface area contributed by atoms with E-state index in [1.807, 2.05) is 0 Å². The molecule has 11 heteroatoms. The average Bonchev–Trinajstić information content (AvgIpc) is 3.14. The van der Waals surface area contributed by atoms with E-state index in [0.29, 0.717) is 12.8 Å². The summed E-state index contributed by atoms with van der Waals surface area (Å²) in [6.45, 7) is 2.26. The predicted octanol–water partition coefficient (Wildman–Crippen LogP) is 10.8. The standard InChI is InChI=1S/C42H77O10P/c1-3-5-7-9-11-13-15-17-18-19-20-22-24-26-28-30-32-34-42(46)52-40(38-51-53(47,48)50-36-39(44)35-43)37-49-41(45)33-31-29-27-25-23-21-16-14-12-10-8-6-4-2/h5,7,11,13,17-18,39-40,43-44H,3-4,6,8-10,12,14-16,19-38H2,1-2H3,(H,47,48)/b7-5-,13-11-,18-17-. The molecule has 3 atom stereocenters. The molecular formula is C42H77O10P. The Bertz CT molecular complexity index is 983. The predicted molar refractivity (Wildman–Crippen MR) is 214 cm³/mol. The molecule has 0 saturated heterocycles. The van der Waals surface area contributed by atoms with E-state index in [2.05, 4.69) is 54.8 Å². The number of carbonyl (C=O) groups excluding carboxylic acids is 2. The SMILES string of the molecule is CC/C=C\C/C=C\C/C=C\CCCCCCCCCC(=O)OC(COC(=O)CCCCCCCCCCCCCCC)COP(=O)(O)OCC(O)CO. The van der Waals surface area contributed by atoms with Crippen LogP contribution >= 0.6 is 7.82 Å². The smallest absolute Gasteiger partial charge is 0.462 e. The molecule has 10 nitrogen and oxygen atoms in total. The average molecular weight is 773 g/mol. The van der Waals surface area contributed by atoms with Gasteiger partial charge in [0.25, 0.3) is 0 Å². The van der Waals surface area contributed by atoms with Crippen molar-refractivity contribution in [2.75, 3.05) is 26.4 Å². The van der Waals surface area contributed by atoms with Crippen LogP contribution in [0.5, 0.6) is 0 Å². The molecule has 0 heterocycles. The molecule has 3 unspecified atom stereocenters. The van der Waals surface area contributed by atoms with E-state index in [1.54, 1.807) is 0 Å². The van der Waals surface area contributed by atoms with Crippen LogP contribution in [0.1, 0.15) is 181 Å². The Morgan fingerprint density at radius 1 is 0.585 bits per heavy atom. The lowest BCUT2D eigenvalue weighted by atomic mass is 10.0. The number of aliphatic hydroxyl groups is 2. The fraction of sp³-hybridized carbons (Fsp3) is 0.810. The van der Waals surface area contributed by atoms with E-state index in [1.165, 1.54) is 70.6 Å². The molecule has 0 aromatic rings. The molecule has 0 bridgehead atoms. The maximum atomic E-state index is 12.6. The van der Waals surface area contributed by atoms with Crippen molar-refractivity contribution < 1.29 is 47.8 Å². The lowest BCUT2D eigenvalue weighted by Crippen LogP contribution is -2.29. The molecule has 0 aliphatic rings. The van der Waals surface area contributed by atoms with Crippen LogP contribution in [-0.4, -0.2) is 65.7 Å². The van der Waals surface area contributed by atoms with Gasteiger partial charge in [-0.05, 0) is 44.9 Å². The molecule has 0 fully saturated rings. The van der Waals surface area contributed by atoms with Gasteiger partial charge in [-0.25, -0.2) is 4.57 Å². The third-order valence-electron chi connectivity index (χ3n) is 8.81. The topological polar surface area (TPSA) is 149 Å². The first kappa shape index (κ1) is 51.2. The van der Waals surface area contributed by atoms with Crippen LogP contribution in [-0.2, 0) is 32.7 Å². The molecule has 53 heavy (non-hydrogen) atoms. The van der Waals surface area contributed by atoms with Crippen LogP contribution in [0, 0.1) is 0 Å². The highest BCUT2D eigenvalue weighted by Gasteiger charge is 2.27. The number of esters is 2. The Labute approximate surface area is 322 Å². The highest BCUT2D eigenvalue weighted by Crippen LogP contribution is 2.43. The number of phosphoric acid groups is 1. The van der Waals surface area contributed by atoms with E-state index in [-0.39, 0.29) is 19.4 Å². The minimum atomic E-state index is -4.62. The first-order valence-electron chi connectivity index (χ1n) is 20.9. The van der Waals surface area contributed by atoms with Crippen molar-refractivity contribution in [1.29, 1.82) is 0 Å². The molecule has 310 valence electrons. The monoisotopic (exact) mass is 773 g/mol. The number of rotatable bonds is 39. The summed E-state index contributed by atoms with van der Waals surface area (Å²) in [6, 6.07) is 0. The zero-order chi connectivity index (χ0) is 39.1. The lowest BCUT2D eigenvalue weighted by molar-refractivity contribution is -0.161. The summed E-state index contributed by atoms with van der Waals surface area (Å²) in [7, 11) is -4.62. The van der Waals surface area contributed by atoms with Crippen molar-refractivity contribution in [1.82, 2.24) is 0 Å². The number of unbranched alkanes of at least 4 members (excludes halogenated alkanes) is 19. The van der Waals surface area contributed by atoms with Crippen molar-refractivity contribution in [3.05, 3.63) is 36.5 Å². The fourth-order valence-corrected chi connectivity index (χ4v) is 6.39. The Morgan fingerprint density at radius 2 is 1.04 bits per heavy atom. The molecule has 0 rings (SSSR count). The van der Waals surface area contributed by atoms with E-state index in [4.69, 9.17) is 19.1 Å². The summed E-state index contributed by atoms with van der Waals surface area (Å²) in [5.41, 5.74) is 0. The number of phosphoric ester groups is 1. The van der Waals surface area contributed by atoms with Crippen molar-refractivity contribution in [3.63, 3.8) is 0 Å². The van der Waals surface area contributed by atoms with E-state index in [9.17, 15) is 24.2 Å². The van der Waals surface area contributed by atoms with Gasteiger partial charge in [0.05, 0.1) is 19.8 Å². The molecule has 0 radical (unpaired) electrons. The summed E-state index contributed by atoms with van der Waals surface area (Å²) in [5, 5.41) is 18.3. The zero-order valence-electron chi connectivity index (χ0n) is 33.5. The Balaban J connectivity index is 4.32. The third-order valence-corrected chi connectivity index (χ3v) is 9.76. The molecule has 0 aliphatic heterocycles. The highest BCUT2D eigenvalue weighted by molar-refractivity contribution is 7.47. The van der Waals surface area contributed by atoms with Crippen molar-refractivity contribution in [2.24, 2.45) is 0 Å². The van der Waals surface area contributed by atoms with Crippen LogP contribution in [0.15, 0.2) is 36.5 Å². The first-order chi connectivity index (χ1) is 25.7. The maximum Gasteiger partial charge on any atom is 0.472 e. The zero-order valence-corrected chi connectivity index (χ0v) is 34.4. The van der Waals surface area contributed by atoms with Gasteiger partial charge in [-0.15, -0.1) is 0 Å². The molecule has 0 amide bonds. The van der Waals surface area contributed by atoms with Gasteiger partial charge in [-0.2, -0.15) is 0 Å². The molecule has 0 aliphatic carbocycles. The number of hydrogen-bond donors (Lipinski definition) is 3. The molecule has 3 N–H and O–H groups in total. The van der Waals surface area contributed by atoms with E-state index >= 15 is 0 Å². The van der Waals surface area contributed by atoms with Crippen LogP contribution in [0.3, 0.4) is 0 Å². The fourth-order valence-electron chi connectivity index (χ4n) is 5.60. The van der Waals surface area contributed by atoms with Gasteiger partial charge in [0.2, 0.25) is 0 Å². The summed E-state index contributed by atoms with van der Waals surface area (Å²) in [6.07, 6.45) is 38.2. The second-order valence-corrected chi connectivity index (χ2v) is 15.4. The number of hydrogen-bond acceptors (Lipinski definition) is 9. The summed E-state index contributed by atoms with van der Waals surface area (Å²) >= 11 is 0. The van der Waals surface area contributed by atoms with Crippen LogP contribution in [0.4, 0.5) is 0 Å². The highest BCUT2D eigenvalue weighted by atomic mass is 31.2. The minimum absolute atomic E-state index is 0.174. The van der Waals surface area contributed by atoms with E-state index < -0.39 is 51.8 Å². The molecule has 0 saturated carbocycles. The summed E-state index contributed by atoms with van der Waals surface area (Å²) < 4.78 is 32.7. The number of allylic oxidation sites excluding steroid dienone is 6. The minimum Gasteiger partial charge on any atom is -0.462 e. The van der Waals surface area contributed by atoms with Gasteiger partial charge in [0.1, 0.15) is 12.7 Å². The van der Waals surface area contributed by atoms with Crippen LogP contribution < -0.4 is 0 Å². The number of ether oxygens (including phenoxy) is 2. The Morgan fingerprint density at radius 3 is 1.57 bits per heavy atom. The summed E-state index contributed by atoms with van der Waals surface area (Å²) in [5.74, 6) is -0.933. The van der Waals surface area contributed by atoms with Gasteiger partial charge in [-0.3, -0.25) is 18.6 Å². The second-order valence-electron chi connectivity index (χ2n) is 14.0. The lowest BCUT2D eigenvalue weighted by Gasteiger charge is -2.20. The normalized spacial score (nSPS) is 14.3. The third kappa shape index (κ3) is 38.3. The Hall–Kier alpha value is -1.81. The molecular weight excluding hydrogens is 695 g/mol. The summed E-state index contributed by atoms with van der Waals surface area (Å²) in [4.78, 5) is 34.9. The van der Waals surface area contributed by atoms with Crippen LogP contribution in [0.2, 0.25) is 0 Å². The van der Waals surface area contributed by atoms with Crippen molar-refractivity contribution >= 4 is 19.8 Å². The van der Waals surface area contributed by atoms with E-state index in [0.717, 1.165) is 70.6 Å². The Kier molecular flexibility index (Phi) is 37.2. The van der Waals surface area contributed by atoms with Crippen molar-refractivity contribution in [2.45, 2.75) is 193 Å². The molecule has 0 aromatic carbocycles. The van der Waals surface area contributed by atoms with Gasteiger partial charge < -0.3 is 24.6 Å². The van der Waals surface area contributed by atoms with Gasteiger partial charge >= 0.3 is 19.8 Å². The second kappa shape index (κ2) is 38.5. The number of aliphatic hydroxyl groups excluding tert-OH is 2. The number of carbonyl (C=O) groups is 2. The first-order valence-corrected chi connectivity index (χ1v) is 22.4. The quantitative estimate of drug-likeness (QED) is 0.0238. The van der Waals surface area contributed by atoms with Gasteiger partial charge in [-0.1, -0.05) is 159 Å². The molecule has 0 spiro atoms. The van der Waals surface area contributed by atoms with Crippen LogP contribution in [0.25, 0.3) is 0 Å². The van der Waals surface area contributed by atoms with Gasteiger partial charge in [0, 0.05) is 12.8 Å². The maximum absolute atomic E-state index is 12.6. The van der Waals surface area contributed by atoms with Crippen molar-refractivity contribution in [3.8, 4) is 0 Å². The molecule has 0 aromatic heterocycles.